The molecular formula is C25H34ClN3O4S. The summed E-state index contributed by atoms with van der Waals surface area (Å²) in [6.45, 7) is 6.31. The van der Waals surface area contributed by atoms with Crippen molar-refractivity contribution < 1.29 is 18.0 Å². The number of benzene rings is 2. The third-order valence-corrected chi connectivity index (χ3v) is 7.25. The summed E-state index contributed by atoms with van der Waals surface area (Å²) in [5.41, 5.74) is 2.23. The molecule has 0 radical (unpaired) electrons. The number of sulfonamides is 1. The topological polar surface area (TPSA) is 86.8 Å². The summed E-state index contributed by atoms with van der Waals surface area (Å²) in [5.74, 6) is -0.401. The number of hydrogen-bond acceptors (Lipinski definition) is 4. The first kappa shape index (κ1) is 27.7. The third-order valence-electron chi connectivity index (χ3n) is 5.66. The van der Waals surface area contributed by atoms with Crippen LogP contribution in [0.3, 0.4) is 0 Å². The lowest BCUT2D eigenvalue weighted by molar-refractivity contribution is -0.139. The number of likely N-dealkylation sites (N-methyl/N-ethyl adjacent to an activating group) is 1. The zero-order valence-corrected chi connectivity index (χ0v) is 21.8. The van der Waals surface area contributed by atoms with Crippen LogP contribution in [0, 0.1) is 6.92 Å². The van der Waals surface area contributed by atoms with Crippen LogP contribution >= 0.6 is 11.6 Å². The lowest BCUT2D eigenvalue weighted by Gasteiger charge is -2.29. The second-order valence-electron chi connectivity index (χ2n) is 8.22. The number of rotatable bonds is 12. The Kier molecular flexibility index (Phi) is 10.4. The smallest absolute Gasteiger partial charge is 0.242 e. The van der Waals surface area contributed by atoms with Crippen molar-refractivity contribution in [1.82, 2.24) is 10.2 Å². The van der Waals surface area contributed by atoms with Gasteiger partial charge in [0.2, 0.25) is 21.8 Å². The van der Waals surface area contributed by atoms with Gasteiger partial charge in [-0.2, -0.15) is 0 Å². The van der Waals surface area contributed by atoms with Crippen LogP contribution in [-0.2, 0) is 26.0 Å². The van der Waals surface area contributed by atoms with Crippen LogP contribution in [0.4, 0.5) is 5.69 Å². The monoisotopic (exact) mass is 507 g/mol. The zero-order valence-electron chi connectivity index (χ0n) is 20.3. The fourth-order valence-electron chi connectivity index (χ4n) is 3.74. The van der Waals surface area contributed by atoms with E-state index in [2.05, 4.69) is 5.32 Å². The van der Waals surface area contributed by atoms with E-state index in [1.165, 1.54) is 4.31 Å². The van der Waals surface area contributed by atoms with E-state index in [1.807, 2.05) is 37.3 Å². The number of carbonyl (C=O) groups excluding carboxylic acids is 2. The zero-order chi connectivity index (χ0) is 25.3. The van der Waals surface area contributed by atoms with Crippen LogP contribution in [0.25, 0.3) is 0 Å². The summed E-state index contributed by atoms with van der Waals surface area (Å²) in [5, 5.41) is 3.25. The highest BCUT2D eigenvalue weighted by Gasteiger charge is 2.26. The van der Waals surface area contributed by atoms with Crippen LogP contribution in [0.2, 0.25) is 5.02 Å². The third kappa shape index (κ3) is 7.74. The van der Waals surface area contributed by atoms with Gasteiger partial charge in [0.15, 0.2) is 0 Å². The van der Waals surface area contributed by atoms with Crippen LogP contribution < -0.4 is 9.62 Å². The molecule has 9 heteroatoms. The molecule has 2 amide bonds. The highest BCUT2D eigenvalue weighted by molar-refractivity contribution is 7.92. The number of amides is 2. The highest BCUT2D eigenvalue weighted by atomic mass is 35.5. The van der Waals surface area contributed by atoms with Gasteiger partial charge in [0.05, 0.1) is 11.9 Å². The lowest BCUT2D eigenvalue weighted by Crippen LogP contribution is -2.48. The quantitative estimate of drug-likeness (QED) is 0.473. The summed E-state index contributed by atoms with van der Waals surface area (Å²) in [4.78, 5) is 27.2. The van der Waals surface area contributed by atoms with Crippen LogP contribution in [0.1, 0.15) is 37.8 Å². The minimum Gasteiger partial charge on any atom is -0.355 e. The van der Waals surface area contributed by atoms with Gasteiger partial charge >= 0.3 is 0 Å². The maximum absolute atomic E-state index is 13.2. The second-order valence-corrected chi connectivity index (χ2v) is 10.5. The van der Waals surface area contributed by atoms with E-state index >= 15 is 0 Å². The molecule has 0 aliphatic carbocycles. The van der Waals surface area contributed by atoms with E-state index in [9.17, 15) is 18.0 Å². The number of nitrogens with zero attached hydrogens (tertiary/aromatic N) is 2. The molecule has 0 bridgehead atoms. The molecule has 2 aromatic carbocycles. The normalized spacial score (nSPS) is 12.1. The standard InChI is InChI=1S/C25H34ClN3O4S/c1-5-27-25(31)20(3)28(18-16-21-11-7-6-8-12-21)24(30)15-10-17-29(34(4,32)33)23-14-9-13-22(26)19(23)2/h6-9,11-14,20H,5,10,15-18H2,1-4H3,(H,27,31). The fourth-order valence-corrected chi connectivity index (χ4v) is 4.93. The van der Waals surface area contributed by atoms with Gasteiger partial charge in [0.25, 0.3) is 0 Å². The van der Waals surface area contributed by atoms with Crippen molar-refractivity contribution in [3.05, 3.63) is 64.7 Å². The number of carbonyl (C=O) groups is 2. The van der Waals surface area contributed by atoms with Gasteiger partial charge in [0, 0.05) is 31.1 Å². The first-order valence-corrected chi connectivity index (χ1v) is 13.6. The SMILES string of the molecule is CCNC(=O)C(C)N(CCc1ccccc1)C(=O)CCCN(c1cccc(Cl)c1C)S(C)(=O)=O. The van der Waals surface area contributed by atoms with Crippen molar-refractivity contribution >= 4 is 39.1 Å². The number of nitrogens with one attached hydrogen (secondary N) is 1. The van der Waals surface area contributed by atoms with Crippen LogP contribution in [0.5, 0.6) is 0 Å². The molecule has 2 aromatic rings. The van der Waals surface area contributed by atoms with Gasteiger partial charge in [-0.25, -0.2) is 8.42 Å². The fraction of sp³-hybridized carbons (Fsp3) is 0.440. The highest BCUT2D eigenvalue weighted by Crippen LogP contribution is 2.28. The van der Waals surface area contributed by atoms with Gasteiger partial charge in [0.1, 0.15) is 6.04 Å². The van der Waals surface area contributed by atoms with E-state index in [-0.39, 0.29) is 24.8 Å². The Bertz CT molecular complexity index is 1080. The molecule has 1 unspecified atom stereocenters. The molecule has 186 valence electrons. The largest absolute Gasteiger partial charge is 0.355 e. The van der Waals surface area contributed by atoms with Crippen molar-refractivity contribution in [1.29, 1.82) is 0 Å². The minimum atomic E-state index is -3.57. The summed E-state index contributed by atoms with van der Waals surface area (Å²) in [6.07, 6.45) is 2.18. The molecule has 0 saturated carbocycles. The number of halogens is 1. The molecule has 0 aromatic heterocycles. The number of anilines is 1. The maximum Gasteiger partial charge on any atom is 0.242 e. The van der Waals surface area contributed by atoms with E-state index < -0.39 is 16.1 Å². The molecule has 0 aliphatic rings. The predicted molar refractivity (Wildman–Crippen MR) is 138 cm³/mol. The maximum atomic E-state index is 13.2. The summed E-state index contributed by atoms with van der Waals surface area (Å²) in [6, 6.07) is 14.3. The Morgan fingerprint density at radius 2 is 1.74 bits per heavy atom. The van der Waals surface area contributed by atoms with Gasteiger partial charge in [-0.05, 0) is 56.9 Å². The van der Waals surface area contributed by atoms with E-state index in [4.69, 9.17) is 11.6 Å². The van der Waals surface area contributed by atoms with Crippen molar-refractivity contribution in [2.24, 2.45) is 0 Å². The first-order chi connectivity index (χ1) is 16.1. The predicted octanol–water partition coefficient (Wildman–Crippen LogP) is 3.79. The van der Waals surface area contributed by atoms with Crippen molar-refractivity contribution in [3.63, 3.8) is 0 Å². The van der Waals surface area contributed by atoms with Crippen molar-refractivity contribution in [2.75, 3.05) is 30.2 Å². The van der Waals surface area contributed by atoms with Gasteiger partial charge in [-0.1, -0.05) is 48.0 Å². The first-order valence-electron chi connectivity index (χ1n) is 11.4. The molecule has 7 nitrogen and oxygen atoms in total. The molecule has 1 N–H and O–H groups in total. The lowest BCUT2D eigenvalue weighted by atomic mass is 10.1. The minimum absolute atomic E-state index is 0.115. The molecular weight excluding hydrogens is 474 g/mol. The average Bonchev–Trinajstić information content (AvgIpc) is 2.79. The number of hydrogen-bond donors (Lipinski definition) is 1. The van der Waals surface area contributed by atoms with Gasteiger partial charge < -0.3 is 10.2 Å². The Balaban J connectivity index is 2.13. The molecule has 0 saturated heterocycles. The Hall–Kier alpha value is -2.58. The summed E-state index contributed by atoms with van der Waals surface area (Å²) in [7, 11) is -3.57. The molecule has 0 spiro atoms. The van der Waals surface area contributed by atoms with E-state index in [1.54, 1.807) is 36.9 Å². The van der Waals surface area contributed by atoms with Crippen molar-refractivity contribution in [3.8, 4) is 0 Å². The van der Waals surface area contributed by atoms with E-state index in [0.717, 1.165) is 11.8 Å². The Morgan fingerprint density at radius 3 is 2.35 bits per heavy atom. The Labute approximate surface area is 208 Å². The molecule has 2 rings (SSSR count). The molecule has 34 heavy (non-hydrogen) atoms. The molecule has 0 fully saturated rings. The van der Waals surface area contributed by atoms with Crippen LogP contribution in [0.15, 0.2) is 48.5 Å². The van der Waals surface area contributed by atoms with Crippen molar-refractivity contribution in [2.45, 2.75) is 46.1 Å². The Morgan fingerprint density at radius 1 is 1.06 bits per heavy atom. The van der Waals surface area contributed by atoms with E-state index in [0.29, 0.717) is 42.2 Å². The average molecular weight is 508 g/mol. The summed E-state index contributed by atoms with van der Waals surface area (Å²) < 4.78 is 26.2. The molecule has 0 heterocycles. The summed E-state index contributed by atoms with van der Waals surface area (Å²) >= 11 is 6.19. The molecule has 1 atom stereocenters. The van der Waals surface area contributed by atoms with Gasteiger partial charge in [-0.15, -0.1) is 0 Å². The van der Waals surface area contributed by atoms with Gasteiger partial charge in [-0.3, -0.25) is 13.9 Å². The van der Waals surface area contributed by atoms with Crippen LogP contribution in [-0.4, -0.2) is 57.1 Å². The second kappa shape index (κ2) is 12.8. The molecule has 0 aliphatic heterocycles.